The van der Waals surface area contributed by atoms with Crippen LogP contribution in [0.5, 0.6) is 28.7 Å². The van der Waals surface area contributed by atoms with Crippen molar-refractivity contribution in [2.75, 3.05) is 0 Å². The van der Waals surface area contributed by atoms with Gasteiger partial charge in [-0.25, -0.2) is 0 Å². The number of benzene rings is 2. The van der Waals surface area contributed by atoms with E-state index in [4.69, 9.17) is 0 Å². The molecule has 5 nitrogen and oxygen atoms in total. The highest BCUT2D eigenvalue weighted by Gasteiger charge is 2.23. The van der Waals surface area contributed by atoms with Gasteiger partial charge < -0.3 is 25.5 Å². The molecule has 0 fully saturated rings. The Morgan fingerprint density at radius 3 is 1.35 bits per heavy atom. The van der Waals surface area contributed by atoms with E-state index < -0.39 is 28.7 Å². The Kier molecular flexibility index (Phi) is 4.69. The summed E-state index contributed by atoms with van der Waals surface area (Å²) in [5.74, 6) is -4.08. The fourth-order valence-corrected chi connectivity index (χ4v) is 1.68. The Morgan fingerprint density at radius 1 is 0.600 bits per heavy atom. The Morgan fingerprint density at radius 2 is 0.950 bits per heavy atom. The van der Waals surface area contributed by atoms with Crippen LogP contribution in [0.3, 0.4) is 0 Å². The van der Waals surface area contributed by atoms with Crippen LogP contribution in [0.4, 0.5) is 0 Å². The molecule has 2 aromatic rings. The van der Waals surface area contributed by atoms with Gasteiger partial charge in [-0.15, -0.1) is 0 Å². The molecule has 0 amide bonds. The molecule has 0 unspecified atom stereocenters. The van der Waals surface area contributed by atoms with E-state index in [0.29, 0.717) is 5.56 Å². The second-order valence-electron chi connectivity index (χ2n) is 3.98. The van der Waals surface area contributed by atoms with Crippen LogP contribution in [-0.2, 0) is 0 Å². The van der Waals surface area contributed by atoms with Crippen LogP contribution >= 0.6 is 0 Å². The Labute approximate surface area is 117 Å². The average Bonchev–Trinajstić information content (AvgIpc) is 2.47. The van der Waals surface area contributed by atoms with E-state index >= 15 is 0 Å². The van der Waals surface area contributed by atoms with Crippen LogP contribution in [0.1, 0.15) is 19.4 Å². The summed E-state index contributed by atoms with van der Waals surface area (Å²) in [5, 5.41) is 47.6. The number of hydrogen-bond acceptors (Lipinski definition) is 5. The minimum Gasteiger partial charge on any atom is -0.504 e. The molecule has 0 heterocycles. The van der Waals surface area contributed by atoms with Crippen LogP contribution in [0, 0.1) is 6.92 Å². The fraction of sp³-hybridized carbons (Fsp3) is 0.200. The smallest absolute Gasteiger partial charge is 0.208 e. The Balaban J connectivity index is 0.000000956. The maximum Gasteiger partial charge on any atom is 0.208 e. The molecular formula is C15H18O5. The number of rotatable bonds is 1. The lowest BCUT2D eigenvalue weighted by atomic mass is 10.0. The molecule has 2 aromatic carbocycles. The van der Waals surface area contributed by atoms with Crippen molar-refractivity contribution in [1.82, 2.24) is 0 Å². The zero-order chi connectivity index (χ0) is 15.4. The average molecular weight is 278 g/mol. The normalized spacial score (nSPS) is 9.75. The Bertz CT molecular complexity index is 574. The highest BCUT2D eigenvalue weighted by molar-refractivity contribution is 5.84. The molecule has 5 heteroatoms. The van der Waals surface area contributed by atoms with Gasteiger partial charge >= 0.3 is 0 Å². The van der Waals surface area contributed by atoms with E-state index in [2.05, 4.69) is 0 Å². The van der Waals surface area contributed by atoms with Gasteiger partial charge in [0.05, 0.1) is 5.56 Å². The molecule has 0 aromatic heterocycles. The van der Waals surface area contributed by atoms with Crippen molar-refractivity contribution in [2.24, 2.45) is 0 Å². The molecule has 0 spiro atoms. The van der Waals surface area contributed by atoms with Crippen molar-refractivity contribution < 1.29 is 25.5 Å². The molecule has 0 atom stereocenters. The highest BCUT2D eigenvalue weighted by Crippen LogP contribution is 2.54. The topological polar surface area (TPSA) is 101 Å². The summed E-state index contributed by atoms with van der Waals surface area (Å²) in [4.78, 5) is 0. The molecule has 2 rings (SSSR count). The monoisotopic (exact) mass is 278 g/mol. The summed E-state index contributed by atoms with van der Waals surface area (Å²) in [6.07, 6.45) is 0. The van der Waals surface area contributed by atoms with Crippen LogP contribution in [0.15, 0.2) is 24.3 Å². The van der Waals surface area contributed by atoms with Gasteiger partial charge in [-0.1, -0.05) is 43.7 Å². The summed E-state index contributed by atoms with van der Waals surface area (Å²) in [7, 11) is 0. The highest BCUT2D eigenvalue weighted by atomic mass is 16.4. The summed E-state index contributed by atoms with van der Waals surface area (Å²) in [5.41, 5.74) is 1.24. The fourth-order valence-electron chi connectivity index (χ4n) is 1.68. The van der Waals surface area contributed by atoms with Gasteiger partial charge in [0, 0.05) is 0 Å². The molecular weight excluding hydrogens is 260 g/mol. The maximum atomic E-state index is 9.73. The molecule has 0 bridgehead atoms. The first-order valence-electron chi connectivity index (χ1n) is 6.19. The van der Waals surface area contributed by atoms with Crippen LogP contribution in [0.2, 0.25) is 0 Å². The lowest BCUT2D eigenvalue weighted by Crippen LogP contribution is -1.84. The van der Waals surface area contributed by atoms with Gasteiger partial charge in [-0.3, -0.25) is 0 Å². The molecule has 0 aliphatic heterocycles. The largest absolute Gasteiger partial charge is 0.504 e. The number of aryl methyl sites for hydroxylation is 1. The van der Waals surface area contributed by atoms with Crippen molar-refractivity contribution >= 4 is 0 Å². The van der Waals surface area contributed by atoms with E-state index in [1.807, 2.05) is 20.8 Å². The van der Waals surface area contributed by atoms with Gasteiger partial charge in [0.25, 0.3) is 0 Å². The molecule has 0 aliphatic rings. The number of hydrogen-bond donors (Lipinski definition) is 5. The summed E-state index contributed by atoms with van der Waals surface area (Å²) >= 11 is 0. The SMILES string of the molecule is CC.Cc1ccc(-c2c(O)c(O)c(O)c(O)c2O)cc1. The molecule has 108 valence electrons. The quantitative estimate of drug-likeness (QED) is 0.407. The zero-order valence-corrected chi connectivity index (χ0v) is 11.5. The lowest BCUT2D eigenvalue weighted by molar-refractivity contribution is 0.330. The number of phenolic OH excluding ortho intramolecular Hbond substituents is 5. The molecule has 20 heavy (non-hydrogen) atoms. The standard InChI is InChI=1S/C13H12O5.C2H6/c1-6-2-4-7(5-3-6)8-9(14)11(16)13(18)12(17)10(8)15;1-2/h2-5,14-18H,1H3;1-2H3. The number of phenols is 5. The van der Waals surface area contributed by atoms with E-state index in [0.717, 1.165) is 5.56 Å². The van der Waals surface area contributed by atoms with Crippen molar-refractivity contribution in [2.45, 2.75) is 20.8 Å². The van der Waals surface area contributed by atoms with E-state index in [1.54, 1.807) is 24.3 Å². The molecule has 0 saturated heterocycles. The number of aromatic hydroxyl groups is 5. The lowest BCUT2D eigenvalue weighted by Gasteiger charge is -2.12. The first-order chi connectivity index (χ1) is 9.43. The van der Waals surface area contributed by atoms with Crippen molar-refractivity contribution in [3.63, 3.8) is 0 Å². The van der Waals surface area contributed by atoms with Gasteiger partial charge in [0.15, 0.2) is 11.5 Å². The second-order valence-corrected chi connectivity index (χ2v) is 3.98. The predicted octanol–water partition coefficient (Wildman–Crippen LogP) is 3.22. The summed E-state index contributed by atoms with van der Waals surface area (Å²) < 4.78 is 0. The first kappa shape index (κ1) is 15.5. The second kappa shape index (κ2) is 6.06. The predicted molar refractivity (Wildman–Crippen MR) is 76.3 cm³/mol. The molecule has 5 N–H and O–H groups in total. The first-order valence-corrected chi connectivity index (χ1v) is 6.19. The minimum atomic E-state index is -0.958. The van der Waals surface area contributed by atoms with E-state index in [1.165, 1.54) is 0 Å². The van der Waals surface area contributed by atoms with Gasteiger partial charge in [0.1, 0.15) is 0 Å². The van der Waals surface area contributed by atoms with E-state index in [9.17, 15) is 25.5 Å². The van der Waals surface area contributed by atoms with Crippen molar-refractivity contribution in [3.05, 3.63) is 29.8 Å². The zero-order valence-electron chi connectivity index (χ0n) is 11.5. The summed E-state index contributed by atoms with van der Waals surface area (Å²) in [6.45, 7) is 5.87. The van der Waals surface area contributed by atoms with Crippen LogP contribution in [-0.4, -0.2) is 25.5 Å². The van der Waals surface area contributed by atoms with Crippen LogP contribution in [0.25, 0.3) is 11.1 Å². The van der Waals surface area contributed by atoms with Crippen LogP contribution < -0.4 is 0 Å². The third-order valence-electron chi connectivity index (χ3n) is 2.71. The molecule has 0 radical (unpaired) electrons. The Hall–Kier alpha value is -2.56. The molecule has 0 saturated carbocycles. The van der Waals surface area contributed by atoms with Gasteiger partial charge in [0.2, 0.25) is 17.2 Å². The maximum absolute atomic E-state index is 9.73. The van der Waals surface area contributed by atoms with Gasteiger partial charge in [-0.05, 0) is 12.5 Å². The van der Waals surface area contributed by atoms with Gasteiger partial charge in [-0.2, -0.15) is 0 Å². The third kappa shape index (κ3) is 2.56. The van der Waals surface area contributed by atoms with Crippen molar-refractivity contribution in [3.8, 4) is 39.9 Å². The third-order valence-corrected chi connectivity index (χ3v) is 2.71. The van der Waals surface area contributed by atoms with Crippen molar-refractivity contribution in [1.29, 1.82) is 0 Å². The van der Waals surface area contributed by atoms with E-state index in [-0.39, 0.29) is 5.56 Å². The molecule has 0 aliphatic carbocycles. The summed E-state index contributed by atoms with van der Waals surface area (Å²) in [6, 6.07) is 6.71. The minimum absolute atomic E-state index is 0.136.